The fraction of sp³-hybridized carbons (Fsp3) is 0.966. The number of esters is 1. The van der Waals surface area contributed by atoms with Crippen LogP contribution in [0.4, 0.5) is 0 Å². The largest absolute Gasteiger partial charge is 0.462 e. The third-order valence-corrected chi connectivity index (χ3v) is 11.4. The van der Waals surface area contributed by atoms with Crippen molar-refractivity contribution in [3.8, 4) is 0 Å². The van der Waals surface area contributed by atoms with Gasteiger partial charge in [0.25, 0.3) is 0 Å². The molecule has 0 saturated heterocycles. The number of nitrogens with zero attached hydrogens (tertiary/aromatic N) is 3. The Kier molecular flexibility index (Phi) is 8.13. The van der Waals surface area contributed by atoms with Crippen molar-refractivity contribution >= 4 is 5.97 Å². The Labute approximate surface area is 212 Å². The minimum Gasteiger partial charge on any atom is -0.462 e. The first-order chi connectivity index (χ1) is 16.7. The first-order valence-corrected chi connectivity index (χ1v) is 14.6. The van der Waals surface area contributed by atoms with E-state index in [4.69, 9.17) is 4.74 Å². The van der Waals surface area contributed by atoms with E-state index in [1.807, 2.05) is 0 Å². The fourth-order valence-corrected chi connectivity index (χ4v) is 9.54. The summed E-state index contributed by atoms with van der Waals surface area (Å²) in [6.45, 7) is 8.52. The van der Waals surface area contributed by atoms with Crippen LogP contribution in [0.25, 0.3) is 10.4 Å². The molecule has 0 spiro atoms. The topological polar surface area (TPSA) is 95.3 Å². The highest BCUT2D eigenvalue weighted by atomic mass is 16.5. The highest BCUT2D eigenvalue weighted by molar-refractivity contribution is 5.66. The van der Waals surface area contributed by atoms with Crippen molar-refractivity contribution in [1.29, 1.82) is 0 Å². The Morgan fingerprint density at radius 2 is 1.80 bits per heavy atom. The molecule has 4 rings (SSSR count). The molecule has 0 aromatic heterocycles. The zero-order chi connectivity index (χ0) is 25.3. The van der Waals surface area contributed by atoms with Gasteiger partial charge >= 0.3 is 5.97 Å². The lowest BCUT2D eigenvalue weighted by Crippen LogP contribution is -2.68. The number of carbonyl (C=O) groups is 1. The molecular weight excluding hydrogens is 438 g/mol. The predicted octanol–water partition coefficient (Wildman–Crippen LogP) is 7.73. The Hall–Kier alpha value is -1.26. The summed E-state index contributed by atoms with van der Waals surface area (Å²) in [5, 5.41) is 16.4. The van der Waals surface area contributed by atoms with Crippen molar-refractivity contribution in [3.05, 3.63) is 10.4 Å². The van der Waals surface area contributed by atoms with Gasteiger partial charge in [-0.1, -0.05) is 64.4 Å². The summed E-state index contributed by atoms with van der Waals surface area (Å²) in [5.41, 5.74) is 8.40. The van der Waals surface area contributed by atoms with E-state index in [1.54, 1.807) is 0 Å². The van der Waals surface area contributed by atoms with Crippen LogP contribution >= 0.6 is 0 Å². The minimum atomic E-state index is -1.11. The van der Waals surface area contributed by atoms with E-state index in [1.165, 1.54) is 71.1 Å². The third kappa shape index (κ3) is 4.75. The normalized spacial score (nSPS) is 44.5. The Bertz CT molecular complexity index is 813. The van der Waals surface area contributed by atoms with Gasteiger partial charge in [-0.15, -0.1) is 0 Å². The lowest BCUT2D eigenvalue weighted by atomic mass is 9.42. The highest BCUT2D eigenvalue weighted by Gasteiger charge is 2.67. The van der Waals surface area contributed by atoms with E-state index in [2.05, 4.69) is 30.8 Å². The van der Waals surface area contributed by atoms with Crippen molar-refractivity contribution in [1.82, 2.24) is 0 Å². The van der Waals surface area contributed by atoms with Gasteiger partial charge in [0.05, 0.1) is 11.6 Å². The number of ether oxygens (including phenoxy) is 1. The first-order valence-electron chi connectivity index (χ1n) is 14.6. The lowest BCUT2D eigenvalue weighted by Gasteiger charge is -2.65. The van der Waals surface area contributed by atoms with E-state index < -0.39 is 11.6 Å². The molecule has 4 aliphatic rings. The van der Waals surface area contributed by atoms with Gasteiger partial charge in [-0.2, -0.15) is 0 Å². The zero-order valence-corrected chi connectivity index (χ0v) is 22.7. The average molecular weight is 488 g/mol. The van der Waals surface area contributed by atoms with Crippen LogP contribution < -0.4 is 0 Å². The van der Waals surface area contributed by atoms with Crippen molar-refractivity contribution in [2.75, 3.05) is 0 Å². The predicted molar refractivity (Wildman–Crippen MR) is 139 cm³/mol. The minimum absolute atomic E-state index is 0.291. The molecule has 0 aromatic carbocycles. The second-order valence-corrected chi connectivity index (χ2v) is 13.0. The highest BCUT2D eigenvalue weighted by Crippen LogP contribution is 2.69. The maximum Gasteiger partial charge on any atom is 0.302 e. The molecule has 0 aromatic rings. The number of unbranched alkanes of at least 4 members (excludes halogenated alkanes) is 5. The molecule has 0 heterocycles. The number of hydrogen-bond donors (Lipinski definition) is 1. The number of rotatable bonds is 9. The van der Waals surface area contributed by atoms with Gasteiger partial charge < -0.3 is 9.84 Å². The van der Waals surface area contributed by atoms with E-state index in [0.29, 0.717) is 29.6 Å². The van der Waals surface area contributed by atoms with Gasteiger partial charge in [0, 0.05) is 23.7 Å². The molecule has 0 unspecified atom stereocenters. The Morgan fingerprint density at radius 1 is 1.06 bits per heavy atom. The molecule has 4 fully saturated rings. The maximum absolute atomic E-state index is 12.2. The summed E-state index contributed by atoms with van der Waals surface area (Å²) in [4.78, 5) is 14.8. The summed E-state index contributed by atoms with van der Waals surface area (Å²) in [6.07, 6.45) is 17.0. The lowest BCUT2D eigenvalue weighted by molar-refractivity contribution is -0.231. The van der Waals surface area contributed by atoms with Crippen molar-refractivity contribution < 1.29 is 14.6 Å². The number of hydrogen-bond acceptors (Lipinski definition) is 4. The zero-order valence-electron chi connectivity index (χ0n) is 22.7. The summed E-state index contributed by atoms with van der Waals surface area (Å²) >= 11 is 0. The van der Waals surface area contributed by atoms with Gasteiger partial charge in [-0.05, 0) is 86.0 Å². The summed E-state index contributed by atoms with van der Waals surface area (Å²) < 4.78 is 5.55. The van der Waals surface area contributed by atoms with Crippen molar-refractivity contribution in [3.63, 3.8) is 0 Å². The number of carbonyl (C=O) groups excluding carboxylic acids is 1. The summed E-state index contributed by atoms with van der Waals surface area (Å²) in [6, 6.07) is -0.447. The molecule has 198 valence electrons. The van der Waals surface area contributed by atoms with Crippen LogP contribution in [-0.2, 0) is 9.53 Å². The summed E-state index contributed by atoms with van der Waals surface area (Å²) in [5.74, 6) is 2.13. The number of azide groups is 1. The molecule has 0 radical (unpaired) electrons. The standard InChI is InChI=1S/C29H49N3O3/c1-5-6-7-8-9-10-11-21-12-13-24-23-18-26(31-32-30)29(34)19-22(35-20(2)33)14-17-28(29,4)25(23)15-16-27(21,24)3/h21-26,34H,5-19H2,1-4H3/t21-,22-,23-,24-,25-,26-,27+,28+,29+/m0/s1. The molecule has 6 heteroatoms. The van der Waals surface area contributed by atoms with Crippen LogP contribution in [0, 0.1) is 34.5 Å². The third-order valence-electron chi connectivity index (χ3n) is 11.4. The molecule has 4 saturated carbocycles. The van der Waals surface area contributed by atoms with E-state index in [0.717, 1.165) is 31.6 Å². The number of fused-ring (bicyclic) bond motifs is 5. The van der Waals surface area contributed by atoms with E-state index in [-0.39, 0.29) is 17.5 Å². The van der Waals surface area contributed by atoms with Crippen LogP contribution in [0.3, 0.4) is 0 Å². The maximum atomic E-state index is 12.2. The van der Waals surface area contributed by atoms with Crippen LogP contribution in [-0.4, -0.2) is 28.8 Å². The van der Waals surface area contributed by atoms with Gasteiger partial charge in [-0.25, -0.2) is 0 Å². The first kappa shape index (κ1) is 26.8. The van der Waals surface area contributed by atoms with Crippen molar-refractivity contribution in [2.45, 2.75) is 142 Å². The van der Waals surface area contributed by atoms with Crippen LogP contribution in [0.5, 0.6) is 0 Å². The molecular formula is C29H49N3O3. The molecule has 1 N–H and O–H groups in total. The van der Waals surface area contributed by atoms with Gasteiger partial charge in [0.15, 0.2) is 0 Å². The molecule has 0 aliphatic heterocycles. The van der Waals surface area contributed by atoms with Crippen LogP contribution in [0.2, 0.25) is 0 Å². The molecule has 9 atom stereocenters. The van der Waals surface area contributed by atoms with E-state index in [9.17, 15) is 15.4 Å². The molecule has 6 nitrogen and oxygen atoms in total. The molecule has 0 amide bonds. The second kappa shape index (κ2) is 10.6. The number of aliphatic hydroxyl groups is 1. The van der Waals surface area contributed by atoms with Crippen LogP contribution in [0.15, 0.2) is 5.11 Å². The van der Waals surface area contributed by atoms with E-state index >= 15 is 0 Å². The SMILES string of the molecule is CCCCCCCC[C@H]1CC[C@H]2[C@@H]3C[C@H](N=[N+]=[N-])[C@]4(O)C[C@@H](OC(C)=O)CC[C@]4(C)[C@H]3CC[C@]12C. The fourth-order valence-electron chi connectivity index (χ4n) is 9.54. The Morgan fingerprint density at radius 3 is 2.51 bits per heavy atom. The molecule has 35 heavy (non-hydrogen) atoms. The van der Waals surface area contributed by atoms with Gasteiger partial charge in [-0.3, -0.25) is 4.79 Å². The van der Waals surface area contributed by atoms with Gasteiger partial charge in [0.1, 0.15) is 6.10 Å². The van der Waals surface area contributed by atoms with Gasteiger partial charge in [0.2, 0.25) is 0 Å². The Balaban J connectivity index is 1.50. The summed E-state index contributed by atoms with van der Waals surface area (Å²) in [7, 11) is 0. The van der Waals surface area contributed by atoms with Crippen LogP contribution in [0.1, 0.15) is 124 Å². The molecule has 0 bridgehead atoms. The monoisotopic (exact) mass is 487 g/mol. The van der Waals surface area contributed by atoms with Crippen molar-refractivity contribution in [2.24, 2.45) is 39.6 Å². The second-order valence-electron chi connectivity index (χ2n) is 13.0. The molecule has 4 aliphatic carbocycles. The quantitative estimate of drug-likeness (QED) is 0.118. The smallest absolute Gasteiger partial charge is 0.302 e. The average Bonchev–Trinajstić information content (AvgIpc) is 3.14.